The Morgan fingerprint density at radius 2 is 1.84 bits per heavy atom. The molecule has 7 nitrogen and oxygen atoms in total. The standard InChI is InChI=1S/C24H26FN5O2/c1-3-20-8-9-22(32-20)21-16-17(2)29(23-10-11-26-30(21)23)24(31)28-14-12-27(13-15-28)19-6-4-18(25)5-7-19/h4-11,16,21H,3,12-15H2,1-2H3. The Morgan fingerprint density at radius 1 is 1.09 bits per heavy atom. The van der Waals surface area contributed by atoms with E-state index in [-0.39, 0.29) is 17.9 Å². The first-order chi connectivity index (χ1) is 15.5. The van der Waals surface area contributed by atoms with Crippen LogP contribution in [0.15, 0.2) is 64.9 Å². The van der Waals surface area contributed by atoms with Crippen molar-refractivity contribution in [2.24, 2.45) is 0 Å². The van der Waals surface area contributed by atoms with Gasteiger partial charge in [-0.1, -0.05) is 6.92 Å². The minimum absolute atomic E-state index is 0.0635. The number of allylic oxidation sites excluding steroid dienone is 2. The number of anilines is 2. The van der Waals surface area contributed by atoms with Crippen LogP contribution >= 0.6 is 0 Å². The monoisotopic (exact) mass is 435 g/mol. The van der Waals surface area contributed by atoms with Crippen LogP contribution in [0.3, 0.4) is 0 Å². The van der Waals surface area contributed by atoms with Gasteiger partial charge in [-0.05, 0) is 49.4 Å². The van der Waals surface area contributed by atoms with E-state index in [1.807, 2.05) is 40.8 Å². The quantitative estimate of drug-likeness (QED) is 0.611. The molecule has 0 aliphatic carbocycles. The van der Waals surface area contributed by atoms with Gasteiger partial charge in [0, 0.05) is 50.1 Å². The molecule has 0 N–H and O–H groups in total. The van der Waals surface area contributed by atoms with Gasteiger partial charge < -0.3 is 14.2 Å². The van der Waals surface area contributed by atoms with Crippen molar-refractivity contribution in [2.45, 2.75) is 26.3 Å². The number of hydrogen-bond acceptors (Lipinski definition) is 4. The summed E-state index contributed by atoms with van der Waals surface area (Å²) in [6.45, 7) is 6.58. The van der Waals surface area contributed by atoms with E-state index >= 15 is 0 Å². The number of fused-ring (bicyclic) bond motifs is 1. The van der Waals surface area contributed by atoms with Crippen molar-refractivity contribution in [1.82, 2.24) is 14.7 Å². The van der Waals surface area contributed by atoms with E-state index in [9.17, 15) is 9.18 Å². The number of carbonyl (C=O) groups is 1. The largest absolute Gasteiger partial charge is 0.463 e. The molecule has 0 bridgehead atoms. The summed E-state index contributed by atoms with van der Waals surface area (Å²) in [4.78, 5) is 19.2. The number of furan rings is 1. The summed E-state index contributed by atoms with van der Waals surface area (Å²) < 4.78 is 21.0. The van der Waals surface area contributed by atoms with Gasteiger partial charge in [0.25, 0.3) is 0 Å². The van der Waals surface area contributed by atoms with Crippen LogP contribution in [-0.2, 0) is 6.42 Å². The Hall–Kier alpha value is -3.55. The Bertz CT molecular complexity index is 1140. The summed E-state index contributed by atoms with van der Waals surface area (Å²) in [5, 5.41) is 4.48. The van der Waals surface area contributed by atoms with Crippen molar-refractivity contribution in [3.8, 4) is 0 Å². The molecule has 2 aliphatic rings. The molecular formula is C24H26FN5O2. The maximum Gasteiger partial charge on any atom is 0.330 e. The fourth-order valence-corrected chi connectivity index (χ4v) is 4.40. The zero-order valence-corrected chi connectivity index (χ0v) is 18.2. The first kappa shape index (κ1) is 20.4. The van der Waals surface area contributed by atoms with Gasteiger partial charge in [-0.25, -0.2) is 13.9 Å². The fourth-order valence-electron chi connectivity index (χ4n) is 4.40. The zero-order chi connectivity index (χ0) is 22.2. The van der Waals surface area contributed by atoms with Crippen LogP contribution < -0.4 is 9.80 Å². The van der Waals surface area contributed by atoms with Crippen LogP contribution in [0.2, 0.25) is 0 Å². The van der Waals surface area contributed by atoms with E-state index < -0.39 is 0 Å². The predicted molar refractivity (Wildman–Crippen MR) is 120 cm³/mol. The molecule has 0 spiro atoms. The predicted octanol–water partition coefficient (Wildman–Crippen LogP) is 4.43. The molecule has 1 saturated heterocycles. The third kappa shape index (κ3) is 3.55. The lowest BCUT2D eigenvalue weighted by Crippen LogP contribution is -2.53. The van der Waals surface area contributed by atoms with Crippen LogP contribution in [0, 0.1) is 5.82 Å². The number of piperazine rings is 1. The number of urea groups is 1. The average Bonchev–Trinajstić information content (AvgIpc) is 3.49. The first-order valence-electron chi connectivity index (χ1n) is 10.9. The van der Waals surface area contributed by atoms with Crippen LogP contribution in [0.25, 0.3) is 0 Å². The number of amides is 2. The number of nitrogens with zero attached hydrogens (tertiary/aromatic N) is 5. The second kappa shape index (κ2) is 8.18. The van der Waals surface area contributed by atoms with Gasteiger partial charge in [0.1, 0.15) is 29.2 Å². The maximum atomic E-state index is 13.5. The van der Waals surface area contributed by atoms with E-state index in [0.29, 0.717) is 26.2 Å². The van der Waals surface area contributed by atoms with Crippen LogP contribution in [0.1, 0.15) is 31.4 Å². The van der Waals surface area contributed by atoms with Gasteiger partial charge in [0.2, 0.25) is 0 Å². The summed E-state index contributed by atoms with van der Waals surface area (Å²) in [5.41, 5.74) is 1.82. The molecule has 3 aromatic rings. The number of aromatic nitrogens is 2. The number of carbonyl (C=O) groups excluding carboxylic acids is 1. The fraction of sp³-hybridized carbons (Fsp3) is 0.333. The van der Waals surface area contributed by atoms with Crippen LogP contribution in [0.5, 0.6) is 0 Å². The maximum absolute atomic E-state index is 13.5. The number of benzene rings is 1. The molecule has 2 aromatic heterocycles. The lowest BCUT2D eigenvalue weighted by Gasteiger charge is -2.40. The van der Waals surface area contributed by atoms with Gasteiger partial charge in [-0.2, -0.15) is 5.10 Å². The van der Waals surface area contributed by atoms with E-state index in [4.69, 9.17) is 4.42 Å². The number of hydrogen-bond donors (Lipinski definition) is 0. The molecular weight excluding hydrogens is 409 g/mol. The van der Waals surface area contributed by atoms with Gasteiger partial charge in [0.15, 0.2) is 0 Å². The van der Waals surface area contributed by atoms with Crippen LogP contribution in [-0.4, -0.2) is 46.9 Å². The highest BCUT2D eigenvalue weighted by atomic mass is 19.1. The average molecular weight is 436 g/mol. The smallest absolute Gasteiger partial charge is 0.330 e. The number of halogens is 1. The molecule has 1 unspecified atom stereocenters. The Balaban J connectivity index is 1.33. The Labute approximate surface area is 186 Å². The third-order valence-electron chi connectivity index (χ3n) is 6.15. The molecule has 1 aromatic carbocycles. The van der Waals surface area contributed by atoms with Crippen molar-refractivity contribution in [2.75, 3.05) is 36.0 Å². The molecule has 32 heavy (non-hydrogen) atoms. The molecule has 2 amide bonds. The Morgan fingerprint density at radius 3 is 2.53 bits per heavy atom. The van der Waals surface area contributed by atoms with Crippen LogP contribution in [0.4, 0.5) is 20.7 Å². The number of aryl methyl sites for hydroxylation is 1. The summed E-state index contributed by atoms with van der Waals surface area (Å²) in [5.74, 6) is 2.23. The van der Waals surface area contributed by atoms with Gasteiger partial charge in [-0.3, -0.25) is 4.90 Å². The molecule has 0 radical (unpaired) electrons. The third-order valence-corrected chi connectivity index (χ3v) is 6.15. The number of rotatable bonds is 3. The summed E-state index contributed by atoms with van der Waals surface area (Å²) >= 11 is 0. The molecule has 8 heteroatoms. The van der Waals surface area contributed by atoms with Crippen molar-refractivity contribution >= 4 is 17.5 Å². The minimum atomic E-state index is -0.245. The van der Waals surface area contributed by atoms with E-state index in [1.165, 1.54) is 12.1 Å². The van der Waals surface area contributed by atoms with Crippen molar-refractivity contribution in [3.63, 3.8) is 0 Å². The summed E-state index contributed by atoms with van der Waals surface area (Å²) in [6, 6.07) is 12.1. The molecule has 1 atom stereocenters. The SMILES string of the molecule is CCc1ccc(C2C=C(C)N(C(=O)N3CCN(c4ccc(F)cc4)CC3)c3ccnn32)o1. The highest BCUT2D eigenvalue weighted by Crippen LogP contribution is 2.35. The summed E-state index contributed by atoms with van der Waals surface area (Å²) in [6.07, 6.45) is 4.56. The molecule has 166 valence electrons. The normalized spacial score (nSPS) is 18.5. The molecule has 2 aliphatic heterocycles. The van der Waals surface area contributed by atoms with Crippen molar-refractivity contribution in [1.29, 1.82) is 0 Å². The van der Waals surface area contributed by atoms with Gasteiger partial charge in [0.05, 0.1) is 6.20 Å². The summed E-state index contributed by atoms with van der Waals surface area (Å²) in [7, 11) is 0. The van der Waals surface area contributed by atoms with Gasteiger partial charge >= 0.3 is 6.03 Å². The van der Waals surface area contributed by atoms with Gasteiger partial charge in [-0.15, -0.1) is 0 Å². The molecule has 4 heterocycles. The second-order valence-corrected chi connectivity index (χ2v) is 8.11. The van der Waals surface area contributed by atoms with E-state index in [2.05, 4.69) is 16.9 Å². The van der Waals surface area contributed by atoms with Crippen molar-refractivity contribution in [3.05, 3.63) is 77.8 Å². The minimum Gasteiger partial charge on any atom is -0.463 e. The lowest BCUT2D eigenvalue weighted by atomic mass is 10.1. The van der Waals surface area contributed by atoms with E-state index in [0.717, 1.165) is 35.1 Å². The molecule has 1 fully saturated rings. The molecule has 0 saturated carbocycles. The molecule has 5 rings (SSSR count). The Kier molecular flexibility index (Phi) is 5.20. The van der Waals surface area contributed by atoms with Crippen molar-refractivity contribution < 1.29 is 13.6 Å². The highest BCUT2D eigenvalue weighted by Gasteiger charge is 2.34. The topological polar surface area (TPSA) is 57.8 Å². The van der Waals surface area contributed by atoms with E-state index in [1.54, 1.807) is 23.2 Å². The second-order valence-electron chi connectivity index (χ2n) is 8.11. The highest BCUT2D eigenvalue weighted by molar-refractivity contribution is 5.95. The first-order valence-corrected chi connectivity index (χ1v) is 10.9. The lowest BCUT2D eigenvalue weighted by molar-refractivity contribution is 0.202. The zero-order valence-electron chi connectivity index (χ0n) is 18.2.